The van der Waals surface area contributed by atoms with Gasteiger partial charge < -0.3 is 13.7 Å². The molecule has 1 heterocycles. The lowest BCUT2D eigenvalue weighted by molar-refractivity contribution is 0.0483. The third kappa shape index (κ3) is 6.67. The standard InChI is InChI=1S/C30H48NO3PSi/c1-9-33-35(31(24(2)3)25(4)5)23-26-20-21-32-29(26)22-34-36(30(6,7)8,27-16-12-10-13-17-27)28-18-14-11-15-19-28/h10-19,24-26,29H,9,20-23H2,1-8H3/t26-,29-,35?/m1/s1/i21T/t21-,26+,29+,35?/m0. The highest BCUT2D eigenvalue weighted by atomic mass is 31.2. The third-order valence-electron chi connectivity index (χ3n) is 7.06. The summed E-state index contributed by atoms with van der Waals surface area (Å²) in [5.41, 5.74) is 0. The SMILES string of the molecule is [3H][C@H]1C[C@H](CP(OCC)N(C(C)C)C(C)C)[C@@H](CO[Si](c2ccccc2)(c2ccccc2)C(C)(C)C)O1. The van der Waals surface area contributed by atoms with Crippen molar-refractivity contribution in [2.45, 2.75) is 85.0 Å². The zero-order valence-electron chi connectivity index (χ0n) is 24.6. The Bertz CT molecular complexity index is 893. The fourth-order valence-corrected chi connectivity index (χ4v) is 12.7. The van der Waals surface area contributed by atoms with Crippen LogP contribution in [0.2, 0.25) is 5.04 Å². The summed E-state index contributed by atoms with van der Waals surface area (Å²) in [6, 6.07) is 22.3. The van der Waals surface area contributed by atoms with Crippen LogP contribution in [0.5, 0.6) is 0 Å². The number of ether oxygens (including phenoxy) is 1. The molecule has 0 radical (unpaired) electrons. The van der Waals surface area contributed by atoms with Gasteiger partial charge in [-0.3, -0.25) is 4.67 Å². The smallest absolute Gasteiger partial charge is 0.261 e. The van der Waals surface area contributed by atoms with Gasteiger partial charge in [0.15, 0.2) is 0 Å². The van der Waals surface area contributed by atoms with Crippen molar-refractivity contribution in [2.75, 3.05) is 26.0 Å². The zero-order valence-corrected chi connectivity index (χ0v) is 25.5. The number of hydrogen-bond acceptors (Lipinski definition) is 4. The fourth-order valence-electron chi connectivity index (χ4n) is 5.58. The second-order valence-electron chi connectivity index (χ2n) is 11.3. The van der Waals surface area contributed by atoms with Gasteiger partial charge in [-0.15, -0.1) is 0 Å². The summed E-state index contributed by atoms with van der Waals surface area (Å²) in [6.07, 6.45) is 1.52. The summed E-state index contributed by atoms with van der Waals surface area (Å²) >= 11 is 0. The van der Waals surface area contributed by atoms with E-state index < -0.39 is 23.2 Å². The van der Waals surface area contributed by atoms with Crippen molar-refractivity contribution in [2.24, 2.45) is 5.92 Å². The molecule has 0 aliphatic carbocycles. The predicted octanol–water partition coefficient (Wildman–Crippen LogP) is 6.44. The van der Waals surface area contributed by atoms with Crippen LogP contribution in [0.3, 0.4) is 0 Å². The van der Waals surface area contributed by atoms with Crippen molar-refractivity contribution in [3.8, 4) is 0 Å². The number of benzene rings is 2. The molecular formula is C30H48NO3PSi. The van der Waals surface area contributed by atoms with Crippen LogP contribution < -0.4 is 10.4 Å². The molecule has 0 spiro atoms. The maximum atomic E-state index is 8.49. The van der Waals surface area contributed by atoms with Gasteiger partial charge in [0.25, 0.3) is 8.32 Å². The molecule has 1 unspecified atom stereocenters. The van der Waals surface area contributed by atoms with Gasteiger partial charge in [-0.1, -0.05) is 81.4 Å². The quantitative estimate of drug-likeness (QED) is 0.233. The van der Waals surface area contributed by atoms with E-state index in [4.69, 9.17) is 15.1 Å². The number of rotatable bonds is 12. The maximum absolute atomic E-state index is 8.49. The summed E-state index contributed by atoms with van der Waals surface area (Å²) in [5, 5.41) is 2.45. The van der Waals surface area contributed by atoms with Crippen molar-refractivity contribution in [1.29, 1.82) is 0 Å². The van der Waals surface area contributed by atoms with Crippen molar-refractivity contribution in [1.82, 2.24) is 4.67 Å². The van der Waals surface area contributed by atoms with Crippen LogP contribution >= 0.6 is 8.30 Å². The lowest BCUT2D eigenvalue weighted by Gasteiger charge is -2.44. The van der Waals surface area contributed by atoms with Crippen LogP contribution in [0.25, 0.3) is 0 Å². The van der Waals surface area contributed by atoms with Crippen LogP contribution in [0.4, 0.5) is 0 Å². The Balaban J connectivity index is 1.92. The Labute approximate surface area is 224 Å². The van der Waals surface area contributed by atoms with Gasteiger partial charge in [0, 0.05) is 31.4 Å². The predicted molar refractivity (Wildman–Crippen MR) is 157 cm³/mol. The summed E-state index contributed by atoms with van der Waals surface area (Å²) in [5.74, 6) is 0.235. The van der Waals surface area contributed by atoms with Gasteiger partial charge in [-0.2, -0.15) is 0 Å². The molecule has 0 amide bonds. The normalized spacial score (nSPS) is 22.4. The lowest BCUT2D eigenvalue weighted by Crippen LogP contribution is -2.67. The summed E-state index contributed by atoms with van der Waals surface area (Å²) in [7, 11) is -3.44. The minimum Gasteiger partial charge on any atom is -0.405 e. The largest absolute Gasteiger partial charge is 0.405 e. The van der Waals surface area contributed by atoms with E-state index >= 15 is 0 Å². The Morgan fingerprint density at radius 3 is 1.97 bits per heavy atom. The molecule has 1 aliphatic heterocycles. The van der Waals surface area contributed by atoms with E-state index in [-0.39, 0.29) is 17.1 Å². The molecule has 4 nitrogen and oxygen atoms in total. The first-order valence-electron chi connectivity index (χ1n) is 14.1. The second kappa shape index (κ2) is 13.1. The van der Waals surface area contributed by atoms with E-state index in [9.17, 15) is 0 Å². The first-order valence-corrected chi connectivity index (χ1v) is 16.8. The Morgan fingerprint density at radius 2 is 1.53 bits per heavy atom. The van der Waals surface area contributed by atoms with Crippen LogP contribution in [-0.2, 0) is 13.7 Å². The van der Waals surface area contributed by atoms with Crippen LogP contribution in [0.1, 0.15) is 63.2 Å². The van der Waals surface area contributed by atoms with Gasteiger partial charge in [0.05, 0.1) is 14.1 Å². The van der Waals surface area contributed by atoms with E-state index in [1.165, 1.54) is 10.4 Å². The van der Waals surface area contributed by atoms with Crippen molar-refractivity contribution < 1.29 is 15.1 Å². The van der Waals surface area contributed by atoms with Gasteiger partial charge in [0.2, 0.25) is 0 Å². The second-order valence-corrected chi connectivity index (χ2v) is 17.4. The van der Waals surface area contributed by atoms with Crippen LogP contribution in [0, 0.1) is 5.92 Å². The average Bonchev–Trinajstić information content (AvgIpc) is 3.18. The van der Waals surface area contributed by atoms with Gasteiger partial charge in [0.1, 0.15) is 8.30 Å². The first kappa shape index (κ1) is 27.9. The molecule has 6 heteroatoms. The molecule has 2 aromatic rings. The summed E-state index contributed by atoms with van der Waals surface area (Å²) in [6.45, 7) is 18.7. The first-order chi connectivity index (χ1) is 17.5. The van der Waals surface area contributed by atoms with E-state index in [1.807, 2.05) is 0 Å². The fraction of sp³-hybridized carbons (Fsp3) is 0.600. The highest BCUT2D eigenvalue weighted by Gasteiger charge is 2.51. The molecule has 4 atom stereocenters. The van der Waals surface area contributed by atoms with E-state index in [2.05, 4.69) is 121 Å². The molecule has 0 bridgehead atoms. The number of hydrogen-bond donors (Lipinski definition) is 0. The van der Waals surface area contributed by atoms with E-state index in [1.54, 1.807) is 0 Å². The zero-order chi connectivity index (χ0) is 27.2. The Kier molecular flexibility index (Phi) is 10.2. The molecule has 0 saturated carbocycles. The topological polar surface area (TPSA) is 30.9 Å². The minimum atomic E-state index is -2.66. The molecule has 0 aromatic heterocycles. The molecule has 2 aromatic carbocycles. The Morgan fingerprint density at radius 1 is 1.00 bits per heavy atom. The third-order valence-corrected chi connectivity index (χ3v) is 14.8. The van der Waals surface area contributed by atoms with E-state index in [0.29, 0.717) is 25.3 Å². The molecule has 0 N–H and O–H groups in total. The van der Waals surface area contributed by atoms with Crippen LogP contribution in [0.15, 0.2) is 60.7 Å². The lowest BCUT2D eigenvalue weighted by atomic mass is 10.1. The van der Waals surface area contributed by atoms with Gasteiger partial charge in [-0.25, -0.2) is 0 Å². The highest BCUT2D eigenvalue weighted by Crippen LogP contribution is 2.48. The van der Waals surface area contributed by atoms with Gasteiger partial charge in [-0.05, 0) is 62.4 Å². The van der Waals surface area contributed by atoms with E-state index in [0.717, 1.165) is 12.6 Å². The van der Waals surface area contributed by atoms with Crippen LogP contribution in [-0.4, -0.2) is 57.1 Å². The minimum absolute atomic E-state index is 0.0891. The molecule has 200 valence electrons. The summed E-state index contributed by atoms with van der Waals surface area (Å²) in [4.78, 5) is 0. The molecule has 1 aliphatic rings. The molecule has 36 heavy (non-hydrogen) atoms. The van der Waals surface area contributed by atoms with Crippen molar-refractivity contribution >= 4 is 27.0 Å². The van der Waals surface area contributed by atoms with Gasteiger partial charge >= 0.3 is 0 Å². The molecule has 1 fully saturated rings. The molecule has 3 rings (SSSR count). The summed E-state index contributed by atoms with van der Waals surface area (Å²) < 4.78 is 30.8. The molecular weight excluding hydrogens is 481 g/mol. The number of nitrogens with zero attached hydrogens (tertiary/aromatic N) is 1. The maximum Gasteiger partial charge on any atom is 0.261 e. The molecule has 1 saturated heterocycles. The highest BCUT2D eigenvalue weighted by molar-refractivity contribution is 7.50. The Hall–Kier alpha value is -1.07. The van der Waals surface area contributed by atoms with Crippen molar-refractivity contribution in [3.63, 3.8) is 0 Å². The van der Waals surface area contributed by atoms with Crippen molar-refractivity contribution in [3.05, 3.63) is 60.7 Å². The average molecular weight is 532 g/mol. The monoisotopic (exact) mass is 531 g/mol.